The summed E-state index contributed by atoms with van der Waals surface area (Å²) in [6.07, 6.45) is 6.35. The zero-order valence-electron chi connectivity index (χ0n) is 12.8. The van der Waals surface area contributed by atoms with Gasteiger partial charge in [-0.15, -0.1) is 0 Å². The molecule has 2 fully saturated rings. The van der Waals surface area contributed by atoms with Crippen LogP contribution in [0.4, 0.5) is 0 Å². The molecule has 3 nitrogen and oxygen atoms in total. The van der Waals surface area contributed by atoms with E-state index in [9.17, 15) is 14.7 Å². The van der Waals surface area contributed by atoms with E-state index in [2.05, 4.69) is 13.8 Å². The van der Waals surface area contributed by atoms with Gasteiger partial charge < -0.3 is 5.11 Å². The maximum atomic E-state index is 12.4. The van der Waals surface area contributed by atoms with Gasteiger partial charge in [-0.3, -0.25) is 9.59 Å². The highest BCUT2D eigenvalue weighted by Gasteiger charge is 2.50. The Morgan fingerprint density at radius 2 is 2.10 bits per heavy atom. The van der Waals surface area contributed by atoms with Gasteiger partial charge in [0, 0.05) is 25.2 Å². The smallest absolute Gasteiger partial charge is 0.138 e. The van der Waals surface area contributed by atoms with Crippen LogP contribution in [0.15, 0.2) is 0 Å². The summed E-state index contributed by atoms with van der Waals surface area (Å²) in [7, 11) is 0. The molecule has 0 aliphatic heterocycles. The fraction of sp³-hybridized carbons (Fsp3) is 0.882. The van der Waals surface area contributed by atoms with Crippen LogP contribution in [0, 0.1) is 23.7 Å². The lowest BCUT2D eigenvalue weighted by atomic mass is 9.85. The first-order chi connectivity index (χ1) is 9.52. The van der Waals surface area contributed by atoms with Crippen molar-refractivity contribution in [1.82, 2.24) is 0 Å². The van der Waals surface area contributed by atoms with Crippen molar-refractivity contribution < 1.29 is 14.7 Å². The molecule has 5 atom stereocenters. The molecule has 2 aliphatic carbocycles. The van der Waals surface area contributed by atoms with Gasteiger partial charge in [0.05, 0.1) is 6.10 Å². The van der Waals surface area contributed by atoms with Crippen molar-refractivity contribution in [2.45, 2.75) is 71.3 Å². The predicted octanol–water partition coefficient (Wildman–Crippen LogP) is 3.14. The van der Waals surface area contributed by atoms with Crippen molar-refractivity contribution in [3.63, 3.8) is 0 Å². The first-order valence-corrected chi connectivity index (χ1v) is 8.25. The Balaban J connectivity index is 1.84. The number of Topliss-reactive ketones (excluding diaryl/α,β-unsaturated/α-hetero) is 2. The van der Waals surface area contributed by atoms with Crippen LogP contribution >= 0.6 is 0 Å². The number of carbonyl (C=O) groups is 2. The monoisotopic (exact) mass is 280 g/mol. The van der Waals surface area contributed by atoms with Crippen LogP contribution in [0.1, 0.15) is 65.2 Å². The van der Waals surface area contributed by atoms with E-state index in [1.807, 2.05) is 0 Å². The summed E-state index contributed by atoms with van der Waals surface area (Å²) >= 11 is 0. The van der Waals surface area contributed by atoms with Crippen molar-refractivity contribution in [3.05, 3.63) is 0 Å². The van der Waals surface area contributed by atoms with Crippen LogP contribution < -0.4 is 0 Å². The minimum absolute atomic E-state index is 0.135. The highest BCUT2D eigenvalue weighted by atomic mass is 16.3. The van der Waals surface area contributed by atoms with E-state index in [4.69, 9.17) is 0 Å². The van der Waals surface area contributed by atoms with Gasteiger partial charge in [0.25, 0.3) is 0 Å². The molecule has 2 rings (SSSR count). The number of ketones is 2. The molecule has 0 saturated heterocycles. The third-order valence-electron chi connectivity index (χ3n) is 5.28. The SMILES string of the molecule is CCCCC(C)CCC(=O)[C@@H]1[C@H]2CC(=O)C[C@H]2C[C@H]1O. The second-order valence-corrected chi connectivity index (χ2v) is 6.95. The molecule has 3 heteroatoms. The van der Waals surface area contributed by atoms with Crippen molar-refractivity contribution in [1.29, 1.82) is 0 Å². The summed E-state index contributed by atoms with van der Waals surface area (Å²) in [5.74, 6) is 1.20. The first kappa shape index (κ1) is 15.7. The number of fused-ring (bicyclic) bond motifs is 1. The molecular weight excluding hydrogens is 252 g/mol. The number of hydrogen-bond acceptors (Lipinski definition) is 3. The third-order valence-corrected chi connectivity index (χ3v) is 5.28. The molecule has 0 spiro atoms. The van der Waals surface area contributed by atoms with Gasteiger partial charge in [-0.2, -0.15) is 0 Å². The van der Waals surface area contributed by atoms with Gasteiger partial charge in [0.2, 0.25) is 0 Å². The summed E-state index contributed by atoms with van der Waals surface area (Å²) in [4.78, 5) is 23.9. The molecule has 2 saturated carbocycles. The van der Waals surface area contributed by atoms with E-state index >= 15 is 0 Å². The summed E-state index contributed by atoms with van der Waals surface area (Å²) in [5, 5.41) is 10.1. The second kappa shape index (κ2) is 6.84. The molecule has 0 amide bonds. The fourth-order valence-corrected chi connectivity index (χ4v) is 4.08. The van der Waals surface area contributed by atoms with E-state index in [1.165, 1.54) is 19.3 Å². The van der Waals surface area contributed by atoms with Crippen LogP contribution in [0.25, 0.3) is 0 Å². The van der Waals surface area contributed by atoms with E-state index in [1.54, 1.807) is 0 Å². The topological polar surface area (TPSA) is 54.4 Å². The number of carbonyl (C=O) groups excluding carboxylic acids is 2. The molecule has 0 aromatic heterocycles. The molecule has 0 aromatic carbocycles. The van der Waals surface area contributed by atoms with E-state index in [-0.39, 0.29) is 29.3 Å². The Labute approximate surface area is 122 Å². The Hall–Kier alpha value is -0.700. The Kier molecular flexibility index (Phi) is 5.36. The molecule has 0 aromatic rings. The van der Waals surface area contributed by atoms with Crippen molar-refractivity contribution in [2.24, 2.45) is 23.7 Å². The van der Waals surface area contributed by atoms with Crippen LogP contribution in [-0.2, 0) is 9.59 Å². The third kappa shape index (κ3) is 3.49. The van der Waals surface area contributed by atoms with Crippen LogP contribution in [0.5, 0.6) is 0 Å². The molecule has 0 heterocycles. The van der Waals surface area contributed by atoms with Crippen LogP contribution in [0.2, 0.25) is 0 Å². The van der Waals surface area contributed by atoms with Crippen molar-refractivity contribution in [3.8, 4) is 0 Å². The van der Waals surface area contributed by atoms with Gasteiger partial charge in [-0.25, -0.2) is 0 Å². The first-order valence-electron chi connectivity index (χ1n) is 8.25. The number of aliphatic hydroxyl groups is 1. The normalized spacial score (nSPS) is 34.2. The summed E-state index contributed by atoms with van der Waals surface area (Å²) in [6, 6.07) is 0. The summed E-state index contributed by atoms with van der Waals surface area (Å²) in [5.41, 5.74) is 0. The molecule has 0 radical (unpaired) electrons. The van der Waals surface area contributed by atoms with Crippen molar-refractivity contribution >= 4 is 11.6 Å². The molecule has 20 heavy (non-hydrogen) atoms. The summed E-state index contributed by atoms with van der Waals surface area (Å²) in [6.45, 7) is 4.39. The van der Waals surface area contributed by atoms with E-state index < -0.39 is 6.10 Å². The Bertz CT molecular complexity index is 363. The molecule has 0 bridgehead atoms. The second-order valence-electron chi connectivity index (χ2n) is 6.95. The minimum Gasteiger partial charge on any atom is -0.392 e. The van der Waals surface area contributed by atoms with Crippen molar-refractivity contribution in [2.75, 3.05) is 0 Å². The molecule has 1 unspecified atom stereocenters. The lowest BCUT2D eigenvalue weighted by molar-refractivity contribution is -0.127. The Morgan fingerprint density at radius 3 is 2.80 bits per heavy atom. The Morgan fingerprint density at radius 1 is 1.35 bits per heavy atom. The minimum atomic E-state index is -0.503. The lowest BCUT2D eigenvalue weighted by Crippen LogP contribution is -2.28. The number of rotatable bonds is 7. The fourth-order valence-electron chi connectivity index (χ4n) is 4.08. The van der Waals surface area contributed by atoms with Gasteiger partial charge in [-0.05, 0) is 30.6 Å². The predicted molar refractivity (Wildman–Crippen MR) is 78.3 cm³/mol. The lowest BCUT2D eigenvalue weighted by Gasteiger charge is -2.20. The zero-order chi connectivity index (χ0) is 14.7. The molecule has 2 aliphatic rings. The summed E-state index contributed by atoms with van der Waals surface area (Å²) < 4.78 is 0. The van der Waals surface area contributed by atoms with Crippen LogP contribution in [0.3, 0.4) is 0 Å². The average molecular weight is 280 g/mol. The standard InChI is InChI=1S/C17H28O3/c1-3-4-5-11(2)6-7-15(19)17-14-10-13(18)8-12(14)9-16(17)20/h11-12,14,16-17,20H,3-10H2,1-2H3/t11?,12-,14-,16+,17-/m0/s1. The largest absolute Gasteiger partial charge is 0.392 e. The van der Waals surface area contributed by atoms with Gasteiger partial charge in [0.1, 0.15) is 11.6 Å². The maximum absolute atomic E-state index is 12.4. The average Bonchev–Trinajstić information content (AvgIpc) is 2.87. The number of aliphatic hydroxyl groups excluding tert-OH is 1. The highest BCUT2D eigenvalue weighted by molar-refractivity contribution is 5.86. The quantitative estimate of drug-likeness (QED) is 0.779. The van der Waals surface area contributed by atoms with Gasteiger partial charge >= 0.3 is 0 Å². The van der Waals surface area contributed by atoms with Gasteiger partial charge in [-0.1, -0.05) is 33.1 Å². The van der Waals surface area contributed by atoms with Crippen LogP contribution in [-0.4, -0.2) is 22.8 Å². The number of unbranched alkanes of at least 4 members (excludes halogenated alkanes) is 1. The van der Waals surface area contributed by atoms with E-state index in [0.717, 1.165) is 6.42 Å². The molecule has 1 N–H and O–H groups in total. The van der Waals surface area contributed by atoms with E-state index in [0.29, 0.717) is 31.6 Å². The zero-order valence-corrected chi connectivity index (χ0v) is 12.8. The molecule has 114 valence electrons. The highest BCUT2D eigenvalue weighted by Crippen LogP contribution is 2.47. The van der Waals surface area contributed by atoms with Gasteiger partial charge in [0.15, 0.2) is 0 Å². The maximum Gasteiger partial charge on any atom is 0.138 e. The number of hydrogen-bond donors (Lipinski definition) is 1. The molecular formula is C17H28O3.